The number of aryl methyl sites for hydroxylation is 2. The molecule has 4 aromatic carbocycles. The summed E-state index contributed by atoms with van der Waals surface area (Å²) in [5.41, 5.74) is 6.36. The molecule has 2 fully saturated rings. The quantitative estimate of drug-likeness (QED) is 0.217. The Kier molecular flexibility index (Phi) is 13.7. The zero-order valence-corrected chi connectivity index (χ0v) is 25.0. The summed E-state index contributed by atoms with van der Waals surface area (Å²) in [5.74, 6) is 0.644. The SMILES string of the molecule is C(OCC1CO1)C1CO1.CCc1c(CC)c(CC)c2ccccc2c1CC.Oc1ccccc1.Oc1ccccc1. The Bertz CT molecular complexity index is 1180. The molecule has 2 aliphatic rings. The summed E-state index contributed by atoms with van der Waals surface area (Å²) in [4.78, 5) is 0. The van der Waals surface area contributed by atoms with Crippen LogP contribution in [0.25, 0.3) is 10.8 Å². The van der Waals surface area contributed by atoms with Crippen LogP contribution in [0.2, 0.25) is 0 Å². The number of epoxide rings is 2. The summed E-state index contributed by atoms with van der Waals surface area (Å²) < 4.78 is 15.1. The number of phenolic OH excluding ortho intramolecular Hbond substituents is 2. The van der Waals surface area contributed by atoms with Crippen molar-refractivity contribution in [2.75, 3.05) is 26.4 Å². The van der Waals surface area contributed by atoms with Crippen LogP contribution < -0.4 is 0 Å². The van der Waals surface area contributed by atoms with E-state index in [1.54, 1.807) is 70.8 Å². The third kappa shape index (κ3) is 10.8. The maximum absolute atomic E-state index is 8.63. The summed E-state index contributed by atoms with van der Waals surface area (Å²) in [6.45, 7) is 12.4. The number of fused-ring (bicyclic) bond motifs is 1. The fourth-order valence-corrected chi connectivity index (χ4v) is 4.88. The molecule has 0 aliphatic carbocycles. The molecular weight excluding hydrogens is 512 g/mol. The van der Waals surface area contributed by atoms with Crippen molar-refractivity contribution in [2.24, 2.45) is 0 Å². The molecule has 6 rings (SSSR count). The first-order chi connectivity index (χ1) is 20.0. The number of ether oxygens (including phenoxy) is 3. The van der Waals surface area contributed by atoms with E-state index in [9.17, 15) is 0 Å². The lowest BCUT2D eigenvalue weighted by Gasteiger charge is -2.20. The molecule has 0 radical (unpaired) electrons. The third-order valence-electron chi connectivity index (χ3n) is 7.01. The third-order valence-corrected chi connectivity index (χ3v) is 7.01. The highest BCUT2D eigenvalue weighted by molar-refractivity contribution is 5.91. The zero-order valence-electron chi connectivity index (χ0n) is 25.0. The predicted molar refractivity (Wildman–Crippen MR) is 168 cm³/mol. The molecule has 4 aromatic rings. The van der Waals surface area contributed by atoms with Gasteiger partial charge in [-0.25, -0.2) is 0 Å². The molecule has 220 valence electrons. The fraction of sp³-hybridized carbons (Fsp3) is 0.389. The van der Waals surface area contributed by atoms with Crippen LogP contribution in [0.1, 0.15) is 49.9 Å². The molecule has 0 bridgehead atoms. The van der Waals surface area contributed by atoms with E-state index in [2.05, 4.69) is 52.0 Å². The second-order valence-electron chi connectivity index (χ2n) is 9.99. The van der Waals surface area contributed by atoms with E-state index in [1.807, 2.05) is 12.1 Å². The van der Waals surface area contributed by atoms with Gasteiger partial charge in [-0.2, -0.15) is 0 Å². The van der Waals surface area contributed by atoms with E-state index in [0.717, 1.165) is 52.1 Å². The first kappa shape index (κ1) is 32.1. The van der Waals surface area contributed by atoms with E-state index < -0.39 is 0 Å². The van der Waals surface area contributed by atoms with E-state index in [-0.39, 0.29) is 0 Å². The summed E-state index contributed by atoms with van der Waals surface area (Å²) in [6, 6.07) is 26.4. The van der Waals surface area contributed by atoms with Gasteiger partial charge in [0.1, 0.15) is 23.7 Å². The van der Waals surface area contributed by atoms with Crippen molar-refractivity contribution in [1.82, 2.24) is 0 Å². The van der Waals surface area contributed by atoms with Gasteiger partial charge in [0.2, 0.25) is 0 Å². The molecule has 2 N–H and O–H groups in total. The second kappa shape index (κ2) is 17.4. The number of aromatic hydroxyl groups is 2. The summed E-state index contributed by atoms with van der Waals surface area (Å²) >= 11 is 0. The van der Waals surface area contributed by atoms with Crippen molar-refractivity contribution in [3.05, 3.63) is 107 Å². The number of phenols is 2. The average Bonchev–Trinajstić information content (AvgIpc) is 3.95. The molecule has 2 aliphatic heterocycles. The highest BCUT2D eigenvalue weighted by Crippen LogP contribution is 2.32. The number of para-hydroxylation sites is 2. The normalized spacial score (nSPS) is 16.3. The Morgan fingerprint density at radius 2 is 0.854 bits per heavy atom. The van der Waals surface area contributed by atoms with Crippen molar-refractivity contribution in [1.29, 1.82) is 0 Å². The Balaban J connectivity index is 0.000000167. The molecule has 0 amide bonds. The van der Waals surface area contributed by atoms with Gasteiger partial charge in [-0.3, -0.25) is 0 Å². The second-order valence-corrected chi connectivity index (χ2v) is 9.99. The van der Waals surface area contributed by atoms with Gasteiger partial charge in [0, 0.05) is 0 Å². The first-order valence-electron chi connectivity index (χ1n) is 14.8. The zero-order chi connectivity index (χ0) is 29.5. The van der Waals surface area contributed by atoms with Gasteiger partial charge in [0.05, 0.1) is 26.4 Å². The minimum Gasteiger partial charge on any atom is -0.508 e. The van der Waals surface area contributed by atoms with Crippen molar-refractivity contribution < 1.29 is 24.4 Å². The minimum absolute atomic E-state index is 0.322. The van der Waals surface area contributed by atoms with E-state index in [1.165, 1.54) is 10.8 Å². The summed E-state index contributed by atoms with van der Waals surface area (Å²) in [7, 11) is 0. The van der Waals surface area contributed by atoms with Gasteiger partial charge in [0.25, 0.3) is 0 Å². The summed E-state index contributed by atoms with van der Waals surface area (Å²) in [5, 5.41) is 20.2. The number of benzene rings is 4. The number of rotatable bonds is 8. The van der Waals surface area contributed by atoms with Gasteiger partial charge in [-0.15, -0.1) is 0 Å². The van der Waals surface area contributed by atoms with Crippen LogP contribution in [0, 0.1) is 0 Å². The van der Waals surface area contributed by atoms with Gasteiger partial charge in [-0.1, -0.05) is 88.4 Å². The molecule has 2 unspecified atom stereocenters. The number of hydrogen-bond acceptors (Lipinski definition) is 5. The molecule has 5 heteroatoms. The molecule has 41 heavy (non-hydrogen) atoms. The van der Waals surface area contributed by atoms with Crippen LogP contribution in [-0.2, 0) is 39.9 Å². The van der Waals surface area contributed by atoms with Gasteiger partial charge < -0.3 is 24.4 Å². The Morgan fingerprint density at radius 1 is 0.537 bits per heavy atom. The molecule has 5 nitrogen and oxygen atoms in total. The smallest absolute Gasteiger partial charge is 0.115 e. The standard InChI is InChI=1S/C18H24.C6H10O3.2C6H6O/c1-5-13-14(6-2)16(8-4)18-12-10-9-11-17(18)15(13)7-3;1(5-3-8-5)7-2-6-4-9-6;2*7-6-4-2-1-3-5-6/h9-12H,5-8H2,1-4H3;5-6H,1-4H2;2*1-5,7H. The first-order valence-corrected chi connectivity index (χ1v) is 14.8. The van der Waals surface area contributed by atoms with Gasteiger partial charge in [0.15, 0.2) is 0 Å². The largest absolute Gasteiger partial charge is 0.508 e. The number of hydrogen-bond donors (Lipinski definition) is 2. The van der Waals surface area contributed by atoms with Crippen LogP contribution in [0.15, 0.2) is 84.9 Å². The minimum atomic E-state index is 0.322. The maximum atomic E-state index is 8.63. The van der Waals surface area contributed by atoms with Crippen LogP contribution in [0.5, 0.6) is 11.5 Å². The highest BCUT2D eigenvalue weighted by atomic mass is 16.6. The van der Waals surface area contributed by atoms with Crippen LogP contribution in [-0.4, -0.2) is 48.8 Å². The van der Waals surface area contributed by atoms with Crippen LogP contribution in [0.3, 0.4) is 0 Å². The predicted octanol–water partition coefficient (Wildman–Crippen LogP) is 7.67. The fourth-order valence-electron chi connectivity index (χ4n) is 4.88. The van der Waals surface area contributed by atoms with Crippen molar-refractivity contribution in [3.8, 4) is 11.5 Å². The van der Waals surface area contributed by atoms with Crippen molar-refractivity contribution in [3.63, 3.8) is 0 Å². The van der Waals surface area contributed by atoms with Crippen molar-refractivity contribution in [2.45, 2.75) is 65.6 Å². The lowest BCUT2D eigenvalue weighted by Crippen LogP contribution is -2.06. The lowest BCUT2D eigenvalue weighted by molar-refractivity contribution is 0.102. The average molecular weight is 559 g/mol. The Hall–Kier alpha value is -3.38. The molecule has 2 heterocycles. The van der Waals surface area contributed by atoms with E-state index in [0.29, 0.717) is 23.7 Å². The van der Waals surface area contributed by atoms with Gasteiger partial charge >= 0.3 is 0 Å². The Labute approximate surface area is 245 Å². The molecule has 2 saturated heterocycles. The maximum Gasteiger partial charge on any atom is 0.115 e. The molecule has 0 spiro atoms. The van der Waals surface area contributed by atoms with E-state index in [4.69, 9.17) is 24.4 Å². The Morgan fingerprint density at radius 3 is 1.10 bits per heavy atom. The molecular formula is C36H46O5. The summed E-state index contributed by atoms with van der Waals surface area (Å²) in [6.07, 6.45) is 5.38. The van der Waals surface area contributed by atoms with Crippen LogP contribution >= 0.6 is 0 Å². The lowest BCUT2D eigenvalue weighted by atomic mass is 9.85. The topological polar surface area (TPSA) is 74.8 Å². The molecule has 0 aromatic heterocycles. The molecule has 0 saturated carbocycles. The van der Waals surface area contributed by atoms with Gasteiger partial charge in [-0.05, 0) is 83.0 Å². The van der Waals surface area contributed by atoms with Crippen LogP contribution in [0.4, 0.5) is 0 Å². The van der Waals surface area contributed by atoms with E-state index >= 15 is 0 Å². The molecule has 2 atom stereocenters. The van der Waals surface area contributed by atoms with Crippen molar-refractivity contribution >= 4 is 10.8 Å². The monoisotopic (exact) mass is 558 g/mol. The highest BCUT2D eigenvalue weighted by Gasteiger charge is 2.26.